The summed E-state index contributed by atoms with van der Waals surface area (Å²) in [5.74, 6) is 4.32. The molecule has 3 nitrogen and oxygen atoms in total. The Morgan fingerprint density at radius 1 is 1.09 bits per heavy atom. The minimum Gasteiger partial charge on any atom is -0.370 e. The van der Waals surface area contributed by atoms with E-state index in [1.54, 1.807) is 0 Å². The molecule has 0 aromatic carbocycles. The second-order valence-electron chi connectivity index (χ2n) is 14.1. The first-order valence-electron chi connectivity index (χ1n) is 13.8. The van der Waals surface area contributed by atoms with Gasteiger partial charge in [-0.1, -0.05) is 33.3 Å². The minimum absolute atomic E-state index is 0. The van der Waals surface area contributed by atoms with Gasteiger partial charge in [-0.2, -0.15) is 0 Å². The van der Waals surface area contributed by atoms with Gasteiger partial charge in [-0.3, -0.25) is 4.79 Å². The highest BCUT2D eigenvalue weighted by Gasteiger charge is 2.77. The fourth-order valence-electron chi connectivity index (χ4n) is 10.9. The molecule has 2 spiro atoms. The number of hydrogen-bond donors (Lipinski definition) is 1. The Hall–Kier alpha value is -0.670. The molecule has 2 aliphatic heterocycles. The maximum Gasteiger partial charge on any atom is 0.155 e. The van der Waals surface area contributed by atoms with Gasteiger partial charge < -0.3 is 10.1 Å². The van der Waals surface area contributed by atoms with Crippen molar-refractivity contribution in [2.45, 2.75) is 110 Å². The monoisotopic (exact) mass is 439 g/mol. The van der Waals surface area contributed by atoms with Crippen molar-refractivity contribution in [2.75, 3.05) is 6.54 Å². The van der Waals surface area contributed by atoms with Crippen LogP contribution >= 0.6 is 0 Å². The van der Waals surface area contributed by atoms with Gasteiger partial charge in [-0.25, -0.2) is 0 Å². The van der Waals surface area contributed by atoms with E-state index in [2.05, 4.69) is 39.1 Å². The zero-order chi connectivity index (χ0) is 22.1. The van der Waals surface area contributed by atoms with Gasteiger partial charge in [-0.15, -0.1) is 0 Å². The van der Waals surface area contributed by atoms with Crippen molar-refractivity contribution in [3.8, 4) is 0 Å². The molecule has 5 aliphatic carbocycles. The van der Waals surface area contributed by atoms with Crippen molar-refractivity contribution in [3.05, 3.63) is 11.6 Å². The van der Waals surface area contributed by atoms with Gasteiger partial charge in [0, 0.05) is 19.8 Å². The second-order valence-corrected chi connectivity index (χ2v) is 14.1. The molecule has 0 aromatic rings. The zero-order valence-electron chi connectivity index (χ0n) is 20.7. The number of allylic oxidation sites excluding steroid dienone is 2. The molecule has 178 valence electrons. The Morgan fingerprint density at radius 3 is 2.78 bits per heavy atom. The van der Waals surface area contributed by atoms with Crippen LogP contribution in [0.2, 0.25) is 0 Å². The van der Waals surface area contributed by atoms with Gasteiger partial charge in [0.2, 0.25) is 0 Å². The zero-order valence-corrected chi connectivity index (χ0v) is 20.7. The smallest absolute Gasteiger partial charge is 0.155 e. The largest absolute Gasteiger partial charge is 0.370 e. The Kier molecular flexibility index (Phi) is 4.07. The lowest BCUT2D eigenvalue weighted by Gasteiger charge is -2.48. The molecule has 0 radical (unpaired) electrons. The molecular formula is C29H45NO2. The van der Waals surface area contributed by atoms with E-state index in [1.807, 2.05) is 0 Å². The number of hydrogen-bond acceptors (Lipinski definition) is 3. The van der Waals surface area contributed by atoms with Crippen molar-refractivity contribution < 1.29 is 11.0 Å². The second kappa shape index (κ2) is 6.30. The number of rotatable bonds is 0. The first-order valence-corrected chi connectivity index (χ1v) is 13.8. The van der Waals surface area contributed by atoms with Crippen molar-refractivity contribution in [1.29, 1.82) is 0 Å². The number of carbonyl (C=O) groups excluding carboxylic acids is 1. The third kappa shape index (κ3) is 2.43. The number of ether oxygens (including phenoxy) is 1. The SMILES string of the molecule is C[C@@H]1CN[C@H]2[C@@H](C)[C@@]3(CC[C@H]4[C@@H]5CCC6=CC(=O)CC[C@]6(C)[C@H]5CC45CC5(C)C3)O[C@@H]2C1.[HH]. The van der Waals surface area contributed by atoms with E-state index in [-0.39, 0.29) is 7.03 Å². The summed E-state index contributed by atoms with van der Waals surface area (Å²) in [7, 11) is 0. The van der Waals surface area contributed by atoms with Crippen LogP contribution in [0.25, 0.3) is 0 Å². The predicted molar refractivity (Wildman–Crippen MR) is 128 cm³/mol. The summed E-state index contributed by atoms with van der Waals surface area (Å²) in [5.41, 5.74) is 2.93. The van der Waals surface area contributed by atoms with Crippen LogP contribution in [-0.4, -0.2) is 30.1 Å². The summed E-state index contributed by atoms with van der Waals surface area (Å²) in [6.45, 7) is 11.2. The highest BCUT2D eigenvalue weighted by atomic mass is 16.5. The van der Waals surface area contributed by atoms with Crippen molar-refractivity contribution >= 4 is 5.78 Å². The predicted octanol–water partition coefficient (Wildman–Crippen LogP) is 5.93. The van der Waals surface area contributed by atoms with Gasteiger partial charge in [0.1, 0.15) is 0 Å². The molecule has 0 bridgehead atoms. The normalized spacial score (nSPS) is 60.6. The molecular weight excluding hydrogens is 394 g/mol. The fraction of sp³-hybridized carbons (Fsp3) is 0.897. The summed E-state index contributed by atoms with van der Waals surface area (Å²) in [6.07, 6.45) is 14.9. The molecule has 6 fully saturated rings. The highest BCUT2D eigenvalue weighted by Crippen LogP contribution is 2.83. The molecule has 3 heteroatoms. The van der Waals surface area contributed by atoms with E-state index < -0.39 is 0 Å². The summed E-state index contributed by atoms with van der Waals surface area (Å²) in [5, 5.41) is 3.89. The summed E-state index contributed by atoms with van der Waals surface area (Å²) in [4.78, 5) is 12.2. The first kappa shape index (κ1) is 20.7. The molecule has 0 aromatic heterocycles. The van der Waals surface area contributed by atoms with E-state index in [9.17, 15) is 4.79 Å². The number of carbonyl (C=O) groups is 1. The van der Waals surface area contributed by atoms with E-state index >= 15 is 0 Å². The average molecular weight is 440 g/mol. The van der Waals surface area contributed by atoms with Crippen LogP contribution in [0.5, 0.6) is 0 Å². The van der Waals surface area contributed by atoms with Crippen LogP contribution in [0.3, 0.4) is 0 Å². The first-order chi connectivity index (χ1) is 15.2. The number of ketones is 1. The van der Waals surface area contributed by atoms with Crippen LogP contribution < -0.4 is 5.32 Å². The quantitative estimate of drug-likeness (QED) is 0.509. The Bertz CT molecular complexity index is 902. The molecule has 1 N–H and O–H groups in total. The van der Waals surface area contributed by atoms with Crippen molar-refractivity contribution in [2.24, 2.45) is 45.8 Å². The number of nitrogens with one attached hydrogen (secondary N) is 1. The Balaban J connectivity index is 0.00000206. The highest BCUT2D eigenvalue weighted by molar-refractivity contribution is 5.91. The summed E-state index contributed by atoms with van der Waals surface area (Å²) < 4.78 is 7.13. The molecule has 0 amide bonds. The molecule has 7 rings (SSSR count). The van der Waals surface area contributed by atoms with Crippen LogP contribution in [0.1, 0.15) is 93.3 Å². The van der Waals surface area contributed by atoms with Gasteiger partial charge in [-0.05, 0) is 110 Å². The molecule has 11 atom stereocenters. The Labute approximate surface area is 196 Å². The fourth-order valence-corrected chi connectivity index (χ4v) is 10.9. The Morgan fingerprint density at radius 2 is 1.94 bits per heavy atom. The maximum absolute atomic E-state index is 12.2. The third-order valence-corrected chi connectivity index (χ3v) is 12.7. The molecule has 7 aliphatic rings. The third-order valence-electron chi connectivity index (χ3n) is 12.7. The summed E-state index contributed by atoms with van der Waals surface area (Å²) in [6, 6.07) is 0.566. The lowest BCUT2D eigenvalue weighted by Crippen LogP contribution is -2.49. The lowest BCUT2D eigenvalue weighted by atomic mass is 9.56. The van der Waals surface area contributed by atoms with Crippen molar-refractivity contribution in [3.63, 3.8) is 0 Å². The van der Waals surface area contributed by atoms with Crippen LogP contribution in [-0.2, 0) is 9.53 Å². The van der Waals surface area contributed by atoms with Crippen LogP contribution in [0.15, 0.2) is 11.6 Å². The van der Waals surface area contributed by atoms with E-state index in [1.165, 1.54) is 56.9 Å². The van der Waals surface area contributed by atoms with Crippen LogP contribution in [0.4, 0.5) is 0 Å². The van der Waals surface area contributed by atoms with Gasteiger partial charge in [0.05, 0.1) is 11.7 Å². The van der Waals surface area contributed by atoms with E-state index in [0.717, 1.165) is 43.1 Å². The van der Waals surface area contributed by atoms with Gasteiger partial charge in [0.15, 0.2) is 5.78 Å². The average Bonchev–Trinajstić information content (AvgIpc) is 3.06. The van der Waals surface area contributed by atoms with E-state index in [0.29, 0.717) is 40.1 Å². The van der Waals surface area contributed by atoms with Gasteiger partial charge in [0.25, 0.3) is 0 Å². The van der Waals surface area contributed by atoms with Crippen LogP contribution in [0, 0.1) is 45.8 Å². The molecule has 2 saturated heterocycles. The summed E-state index contributed by atoms with van der Waals surface area (Å²) >= 11 is 0. The van der Waals surface area contributed by atoms with Crippen molar-refractivity contribution in [1.82, 2.24) is 5.32 Å². The molecule has 2 heterocycles. The minimum atomic E-state index is 0. The molecule has 4 saturated carbocycles. The topological polar surface area (TPSA) is 38.3 Å². The number of piperidine rings is 1. The van der Waals surface area contributed by atoms with Gasteiger partial charge >= 0.3 is 0 Å². The van der Waals surface area contributed by atoms with E-state index in [4.69, 9.17) is 4.74 Å². The standard InChI is InChI=1S/C29H43NO2.H2/c1-17-11-24-25(30-14-17)18(2)29(32-24)10-8-22-21-6-5-19-12-20(31)7-9-27(19,4)23(21)13-28(22)15-26(28,3)16-29;/h12,17-18,21-25,30H,5-11,13-16H2,1-4H3;1H/t17-,18+,21-,22-,23-,24+,25-,26?,27-,28?,29-;/m0./s1. The molecule has 32 heavy (non-hydrogen) atoms. The maximum atomic E-state index is 12.2. The lowest BCUT2D eigenvalue weighted by molar-refractivity contribution is -0.116. The number of fused-ring (bicyclic) bond motifs is 5. The molecule has 2 unspecified atom stereocenters.